The molecule has 0 rings (SSSR count). The van der Waals surface area contributed by atoms with Gasteiger partial charge in [-0.25, -0.2) is 0 Å². The van der Waals surface area contributed by atoms with E-state index in [-0.39, 0.29) is 6.42 Å². The molecule has 0 atom stereocenters. The number of thioether (sulfide) groups is 1. The molecule has 0 saturated heterocycles. The van der Waals surface area contributed by atoms with Gasteiger partial charge in [-0.05, 0) is 18.7 Å². The number of rotatable bonds is 8. The number of carbonyl (C=O) groups is 1. The predicted molar refractivity (Wildman–Crippen MR) is 52.7 cm³/mol. The van der Waals surface area contributed by atoms with Crippen LogP contribution in [0, 0.1) is 0 Å². The van der Waals surface area contributed by atoms with E-state index >= 15 is 0 Å². The van der Waals surface area contributed by atoms with Crippen molar-refractivity contribution < 1.29 is 9.90 Å². The van der Waals surface area contributed by atoms with Gasteiger partial charge in [0.15, 0.2) is 0 Å². The Morgan fingerprint density at radius 2 is 2.25 bits per heavy atom. The molecule has 2 N–H and O–H groups in total. The summed E-state index contributed by atoms with van der Waals surface area (Å²) in [6, 6.07) is 0. The Labute approximate surface area is 77.9 Å². The molecule has 0 heterocycles. The molecule has 0 unspecified atom stereocenters. The molecule has 0 aliphatic heterocycles. The summed E-state index contributed by atoms with van der Waals surface area (Å²) in [5.74, 6) is 1.56. The molecule has 0 aromatic rings. The van der Waals surface area contributed by atoms with Crippen molar-refractivity contribution in [2.45, 2.75) is 19.8 Å². The molecule has 0 bridgehead atoms. The zero-order valence-electron chi connectivity index (χ0n) is 7.51. The average Bonchev–Trinajstić information content (AvgIpc) is 2.02. The van der Waals surface area contributed by atoms with Gasteiger partial charge in [-0.3, -0.25) is 4.79 Å². The van der Waals surface area contributed by atoms with Crippen LogP contribution >= 0.6 is 11.8 Å². The molecule has 72 valence electrons. The molecule has 0 amide bonds. The minimum absolute atomic E-state index is 0.272. The van der Waals surface area contributed by atoms with Crippen LogP contribution in [0.15, 0.2) is 0 Å². The first-order chi connectivity index (χ1) is 5.77. The van der Waals surface area contributed by atoms with Crippen molar-refractivity contribution in [3.8, 4) is 0 Å². The summed E-state index contributed by atoms with van der Waals surface area (Å²) in [5, 5.41) is 11.5. The van der Waals surface area contributed by atoms with Crippen LogP contribution in [0.4, 0.5) is 0 Å². The van der Waals surface area contributed by atoms with Gasteiger partial charge in [0.25, 0.3) is 0 Å². The fourth-order valence-corrected chi connectivity index (χ4v) is 1.36. The minimum atomic E-state index is -0.709. The van der Waals surface area contributed by atoms with Crippen molar-refractivity contribution in [2.24, 2.45) is 0 Å². The maximum Gasteiger partial charge on any atom is 0.303 e. The Kier molecular flexibility index (Phi) is 8.71. The summed E-state index contributed by atoms with van der Waals surface area (Å²) in [4.78, 5) is 10.1. The topological polar surface area (TPSA) is 49.3 Å². The van der Waals surface area contributed by atoms with Crippen LogP contribution in [0.1, 0.15) is 19.8 Å². The summed E-state index contributed by atoms with van der Waals surface area (Å²) in [6.45, 7) is 3.93. The lowest BCUT2D eigenvalue weighted by atomic mass is 10.3. The predicted octanol–water partition coefficient (Wildman–Crippen LogP) is 1.19. The molecule has 0 saturated carbocycles. The van der Waals surface area contributed by atoms with Crippen molar-refractivity contribution >= 4 is 17.7 Å². The molecule has 0 fully saturated rings. The van der Waals surface area contributed by atoms with E-state index < -0.39 is 5.97 Å². The van der Waals surface area contributed by atoms with Crippen LogP contribution < -0.4 is 5.32 Å². The highest BCUT2D eigenvalue weighted by atomic mass is 32.2. The summed E-state index contributed by atoms with van der Waals surface area (Å²) in [5.41, 5.74) is 0. The second kappa shape index (κ2) is 8.87. The van der Waals surface area contributed by atoms with E-state index in [0.717, 1.165) is 31.0 Å². The van der Waals surface area contributed by atoms with Gasteiger partial charge in [0, 0.05) is 18.7 Å². The van der Waals surface area contributed by atoms with E-state index in [0.29, 0.717) is 0 Å². The fourth-order valence-electron chi connectivity index (χ4n) is 0.778. The first kappa shape index (κ1) is 11.8. The number of nitrogens with one attached hydrogen (secondary N) is 1. The largest absolute Gasteiger partial charge is 0.481 e. The van der Waals surface area contributed by atoms with Crippen LogP contribution in [-0.4, -0.2) is 35.7 Å². The van der Waals surface area contributed by atoms with Crippen LogP contribution in [0.25, 0.3) is 0 Å². The molecule has 12 heavy (non-hydrogen) atoms. The zero-order chi connectivity index (χ0) is 9.23. The van der Waals surface area contributed by atoms with Gasteiger partial charge in [0.05, 0.1) is 0 Å². The average molecular weight is 191 g/mol. The van der Waals surface area contributed by atoms with Crippen molar-refractivity contribution in [1.82, 2.24) is 5.32 Å². The Morgan fingerprint density at radius 1 is 1.50 bits per heavy atom. The molecular weight excluding hydrogens is 174 g/mol. The van der Waals surface area contributed by atoms with E-state index in [4.69, 9.17) is 5.11 Å². The van der Waals surface area contributed by atoms with Crippen molar-refractivity contribution in [3.05, 3.63) is 0 Å². The lowest BCUT2D eigenvalue weighted by molar-refractivity contribution is -0.137. The Bertz CT molecular complexity index is 120. The van der Waals surface area contributed by atoms with Gasteiger partial charge in [-0.15, -0.1) is 0 Å². The number of carboxylic acids is 1. The van der Waals surface area contributed by atoms with E-state index in [1.165, 1.54) is 0 Å². The molecule has 0 radical (unpaired) electrons. The second-order valence-corrected chi connectivity index (χ2v) is 3.84. The third-order valence-electron chi connectivity index (χ3n) is 1.37. The summed E-state index contributed by atoms with van der Waals surface area (Å²) in [7, 11) is 0. The highest BCUT2D eigenvalue weighted by Gasteiger charge is 1.94. The van der Waals surface area contributed by atoms with Gasteiger partial charge < -0.3 is 10.4 Å². The molecular formula is C8H17NO2S. The van der Waals surface area contributed by atoms with Crippen molar-refractivity contribution in [3.63, 3.8) is 0 Å². The Hall–Kier alpha value is -0.220. The van der Waals surface area contributed by atoms with E-state index in [2.05, 4.69) is 12.2 Å². The maximum atomic E-state index is 10.1. The fraction of sp³-hybridized carbons (Fsp3) is 0.875. The highest BCUT2D eigenvalue weighted by molar-refractivity contribution is 7.99. The number of hydrogen-bond acceptors (Lipinski definition) is 3. The van der Waals surface area contributed by atoms with Gasteiger partial charge >= 0.3 is 5.97 Å². The van der Waals surface area contributed by atoms with E-state index in [1.807, 2.05) is 11.8 Å². The number of carboxylic acid groups (broad SMARTS) is 1. The van der Waals surface area contributed by atoms with Crippen LogP contribution in [0.3, 0.4) is 0 Å². The number of hydrogen-bond donors (Lipinski definition) is 2. The summed E-state index contributed by atoms with van der Waals surface area (Å²) < 4.78 is 0. The van der Waals surface area contributed by atoms with Gasteiger partial charge in [-0.1, -0.05) is 6.92 Å². The highest BCUT2D eigenvalue weighted by Crippen LogP contribution is 1.95. The summed E-state index contributed by atoms with van der Waals surface area (Å²) >= 11 is 1.89. The molecule has 0 spiro atoms. The van der Waals surface area contributed by atoms with E-state index in [1.54, 1.807) is 0 Å². The lowest BCUT2D eigenvalue weighted by Crippen LogP contribution is -2.19. The van der Waals surface area contributed by atoms with Crippen LogP contribution in [0.2, 0.25) is 0 Å². The third-order valence-corrected chi connectivity index (χ3v) is 2.27. The minimum Gasteiger partial charge on any atom is -0.481 e. The van der Waals surface area contributed by atoms with Gasteiger partial charge in [0.2, 0.25) is 0 Å². The van der Waals surface area contributed by atoms with Crippen LogP contribution in [0.5, 0.6) is 0 Å². The van der Waals surface area contributed by atoms with Gasteiger partial charge in [-0.2, -0.15) is 11.8 Å². The Morgan fingerprint density at radius 3 is 2.83 bits per heavy atom. The smallest absolute Gasteiger partial charge is 0.303 e. The molecule has 0 aromatic carbocycles. The molecule has 3 nitrogen and oxygen atoms in total. The maximum absolute atomic E-state index is 10.1. The quantitative estimate of drug-likeness (QED) is 0.566. The van der Waals surface area contributed by atoms with E-state index in [9.17, 15) is 4.79 Å². The molecule has 0 aliphatic carbocycles. The number of aliphatic carboxylic acids is 1. The third kappa shape index (κ3) is 9.78. The second-order valence-electron chi connectivity index (χ2n) is 2.44. The van der Waals surface area contributed by atoms with Crippen molar-refractivity contribution in [1.29, 1.82) is 0 Å². The van der Waals surface area contributed by atoms with Crippen molar-refractivity contribution in [2.75, 3.05) is 24.6 Å². The lowest BCUT2D eigenvalue weighted by Gasteiger charge is -2.01. The summed E-state index contributed by atoms with van der Waals surface area (Å²) in [6.07, 6.45) is 1.00. The first-order valence-electron chi connectivity index (χ1n) is 4.27. The molecule has 0 aromatic heterocycles. The normalized spacial score (nSPS) is 10.1. The molecule has 4 heteroatoms. The first-order valence-corrected chi connectivity index (χ1v) is 5.43. The monoisotopic (exact) mass is 191 g/mol. The SMILES string of the molecule is CCSCCNCCCC(=O)O. The Balaban J connectivity index is 2.86. The molecule has 0 aliphatic rings. The standard InChI is InChI=1S/C8H17NO2S/c1-2-12-7-6-9-5-3-4-8(10)11/h9H,2-7H2,1H3,(H,10,11). The van der Waals surface area contributed by atoms with Crippen LogP contribution in [-0.2, 0) is 4.79 Å². The van der Waals surface area contributed by atoms with Gasteiger partial charge in [0.1, 0.15) is 0 Å². The zero-order valence-corrected chi connectivity index (χ0v) is 8.32.